The third kappa shape index (κ3) is 1.53. The number of hydrogen-bond donors (Lipinski definition) is 3. The van der Waals surface area contributed by atoms with Gasteiger partial charge in [0.15, 0.2) is 0 Å². The summed E-state index contributed by atoms with van der Waals surface area (Å²) in [6.45, 7) is 0.935. The van der Waals surface area contributed by atoms with Gasteiger partial charge in [0.1, 0.15) is 11.7 Å². The van der Waals surface area contributed by atoms with Crippen LogP contribution in [-0.4, -0.2) is 22.7 Å². The van der Waals surface area contributed by atoms with Crippen molar-refractivity contribution in [3.8, 4) is 6.07 Å². The van der Waals surface area contributed by atoms with Gasteiger partial charge in [-0.25, -0.2) is 10.4 Å². The van der Waals surface area contributed by atoms with Crippen LogP contribution >= 0.6 is 0 Å². The van der Waals surface area contributed by atoms with Crippen molar-refractivity contribution in [1.82, 2.24) is 15.4 Å². The van der Waals surface area contributed by atoms with Crippen LogP contribution < -0.4 is 16.2 Å². The van der Waals surface area contributed by atoms with Gasteiger partial charge in [-0.2, -0.15) is 5.26 Å². The van der Waals surface area contributed by atoms with Crippen molar-refractivity contribution in [2.24, 2.45) is 5.84 Å². The zero-order valence-electron chi connectivity index (χ0n) is 9.85. The topological polar surface area (TPSA) is 93.8 Å². The van der Waals surface area contributed by atoms with Crippen LogP contribution in [0.3, 0.4) is 0 Å². The van der Waals surface area contributed by atoms with Crippen LogP contribution in [0.15, 0.2) is 18.5 Å². The predicted molar refractivity (Wildman–Crippen MR) is 68.5 cm³/mol. The van der Waals surface area contributed by atoms with Gasteiger partial charge < -0.3 is 9.88 Å². The Bertz CT molecular complexity index is 611. The van der Waals surface area contributed by atoms with E-state index in [0.29, 0.717) is 5.56 Å². The average Bonchev–Trinajstić information content (AvgIpc) is 3.04. The molecule has 6 nitrogen and oxygen atoms in total. The highest BCUT2D eigenvalue weighted by molar-refractivity contribution is 5.95. The summed E-state index contributed by atoms with van der Waals surface area (Å²) in [4.78, 5) is 9.46. The summed E-state index contributed by atoms with van der Waals surface area (Å²) in [5, 5.41) is 10.0. The molecule has 6 heteroatoms. The van der Waals surface area contributed by atoms with Crippen molar-refractivity contribution < 1.29 is 0 Å². The molecule has 2 aromatic rings. The second-order valence-corrected chi connectivity index (χ2v) is 4.39. The predicted octanol–water partition coefficient (Wildman–Crippen LogP) is 0.824. The maximum atomic E-state index is 9.16. The number of aromatic nitrogens is 2. The first kappa shape index (κ1) is 11.0. The highest BCUT2D eigenvalue weighted by atomic mass is 15.4. The van der Waals surface area contributed by atoms with Crippen molar-refractivity contribution in [2.75, 3.05) is 11.4 Å². The van der Waals surface area contributed by atoms with E-state index in [0.717, 1.165) is 36.1 Å². The molecular weight excluding hydrogens is 228 g/mol. The fraction of sp³-hybridized carbons (Fsp3) is 0.333. The minimum absolute atomic E-state index is 0.122. The fourth-order valence-corrected chi connectivity index (χ4v) is 2.60. The van der Waals surface area contributed by atoms with Gasteiger partial charge in [0.05, 0.1) is 22.8 Å². The minimum atomic E-state index is 0.122. The van der Waals surface area contributed by atoms with Crippen molar-refractivity contribution >= 4 is 16.7 Å². The second-order valence-electron chi connectivity index (χ2n) is 4.39. The van der Waals surface area contributed by atoms with Crippen LogP contribution in [-0.2, 0) is 0 Å². The lowest BCUT2D eigenvalue weighted by Crippen LogP contribution is -2.45. The Labute approximate surface area is 104 Å². The van der Waals surface area contributed by atoms with E-state index in [2.05, 4.69) is 26.4 Å². The number of rotatable bonds is 2. The fourth-order valence-electron chi connectivity index (χ4n) is 2.60. The number of H-pyrrole nitrogens is 1. The summed E-state index contributed by atoms with van der Waals surface area (Å²) in [7, 11) is 0. The van der Waals surface area contributed by atoms with Crippen molar-refractivity contribution in [3.63, 3.8) is 0 Å². The van der Waals surface area contributed by atoms with Crippen LogP contribution in [0, 0.1) is 11.3 Å². The Kier molecular flexibility index (Phi) is 2.63. The summed E-state index contributed by atoms with van der Waals surface area (Å²) < 4.78 is 0. The van der Waals surface area contributed by atoms with Gasteiger partial charge in [-0.3, -0.25) is 5.84 Å². The molecule has 0 spiro atoms. The molecule has 0 amide bonds. The van der Waals surface area contributed by atoms with Crippen molar-refractivity contribution in [3.05, 3.63) is 24.0 Å². The standard InChI is InChI=1S/C12H14N6/c13-6-8-7-16-12-11(8)9(3-4-15-12)18-5-1-2-10(18)17-14/h3-4,7,10,17H,1-2,5,14H2,(H,15,16). The van der Waals surface area contributed by atoms with Crippen molar-refractivity contribution in [2.45, 2.75) is 19.0 Å². The van der Waals surface area contributed by atoms with Gasteiger partial charge in [0.25, 0.3) is 0 Å². The monoisotopic (exact) mass is 242 g/mol. The molecule has 0 saturated carbocycles. The Balaban J connectivity index is 2.17. The van der Waals surface area contributed by atoms with Gasteiger partial charge in [-0.05, 0) is 18.9 Å². The van der Waals surface area contributed by atoms with Crippen molar-refractivity contribution in [1.29, 1.82) is 5.26 Å². The summed E-state index contributed by atoms with van der Waals surface area (Å²) >= 11 is 0. The van der Waals surface area contributed by atoms with Crippen LogP contribution in [0.2, 0.25) is 0 Å². The number of hydrazine groups is 1. The molecule has 1 aliphatic rings. The SMILES string of the molecule is N#Cc1c[nH]c2nccc(N3CCCC3NN)c12. The van der Waals surface area contributed by atoms with E-state index in [1.54, 1.807) is 12.4 Å². The van der Waals surface area contributed by atoms with Gasteiger partial charge >= 0.3 is 0 Å². The largest absolute Gasteiger partial charge is 0.354 e. The summed E-state index contributed by atoms with van der Waals surface area (Å²) in [6.07, 6.45) is 5.66. The lowest BCUT2D eigenvalue weighted by Gasteiger charge is -2.26. The van der Waals surface area contributed by atoms with Gasteiger partial charge in [0.2, 0.25) is 0 Å². The van der Waals surface area contributed by atoms with E-state index in [4.69, 9.17) is 11.1 Å². The molecule has 3 heterocycles. The molecule has 1 saturated heterocycles. The van der Waals surface area contributed by atoms with E-state index >= 15 is 0 Å². The van der Waals surface area contributed by atoms with Crippen LogP contribution in [0.4, 0.5) is 5.69 Å². The number of nitrogens with zero attached hydrogens (tertiary/aromatic N) is 3. The highest BCUT2D eigenvalue weighted by Crippen LogP contribution is 2.32. The van der Waals surface area contributed by atoms with E-state index in [9.17, 15) is 0 Å². The highest BCUT2D eigenvalue weighted by Gasteiger charge is 2.26. The smallest absolute Gasteiger partial charge is 0.140 e. The Morgan fingerprint density at radius 3 is 3.28 bits per heavy atom. The first-order chi connectivity index (χ1) is 8.85. The number of pyridine rings is 1. The van der Waals surface area contributed by atoms with E-state index in [1.807, 2.05) is 6.07 Å². The van der Waals surface area contributed by atoms with E-state index < -0.39 is 0 Å². The third-order valence-corrected chi connectivity index (χ3v) is 3.43. The molecule has 18 heavy (non-hydrogen) atoms. The maximum Gasteiger partial charge on any atom is 0.140 e. The molecule has 92 valence electrons. The second kappa shape index (κ2) is 4.29. The first-order valence-corrected chi connectivity index (χ1v) is 5.94. The lowest BCUT2D eigenvalue weighted by atomic mass is 10.2. The first-order valence-electron chi connectivity index (χ1n) is 5.94. The Morgan fingerprint density at radius 1 is 1.61 bits per heavy atom. The van der Waals surface area contributed by atoms with Gasteiger partial charge in [0, 0.05) is 18.9 Å². The molecule has 1 fully saturated rings. The number of nitrogens with two attached hydrogens (primary N) is 1. The van der Waals surface area contributed by atoms with Crippen LogP contribution in [0.5, 0.6) is 0 Å². The normalized spacial score (nSPS) is 19.3. The number of nitrogens with one attached hydrogen (secondary N) is 2. The van der Waals surface area contributed by atoms with E-state index in [1.165, 1.54) is 0 Å². The molecule has 0 aliphatic carbocycles. The molecule has 1 aliphatic heterocycles. The number of nitriles is 1. The maximum absolute atomic E-state index is 9.16. The molecule has 1 unspecified atom stereocenters. The number of anilines is 1. The zero-order valence-corrected chi connectivity index (χ0v) is 9.85. The molecule has 1 atom stereocenters. The molecule has 0 aromatic carbocycles. The summed E-state index contributed by atoms with van der Waals surface area (Å²) in [5.74, 6) is 5.57. The quantitative estimate of drug-likeness (QED) is 0.535. The Hall–Kier alpha value is -2.10. The molecule has 3 rings (SSSR count). The average molecular weight is 242 g/mol. The molecular formula is C12H14N6. The Morgan fingerprint density at radius 2 is 2.50 bits per heavy atom. The molecule has 0 radical (unpaired) electrons. The van der Waals surface area contributed by atoms with Gasteiger partial charge in [-0.15, -0.1) is 0 Å². The third-order valence-electron chi connectivity index (χ3n) is 3.43. The number of hydrogen-bond acceptors (Lipinski definition) is 5. The van der Waals surface area contributed by atoms with Gasteiger partial charge in [-0.1, -0.05) is 0 Å². The summed E-state index contributed by atoms with van der Waals surface area (Å²) in [6, 6.07) is 4.13. The molecule has 2 aromatic heterocycles. The number of fused-ring (bicyclic) bond motifs is 1. The lowest BCUT2D eigenvalue weighted by molar-refractivity contribution is 0.546. The summed E-state index contributed by atoms with van der Waals surface area (Å²) in [5.41, 5.74) is 5.19. The molecule has 4 N–H and O–H groups in total. The van der Waals surface area contributed by atoms with Crippen LogP contribution in [0.25, 0.3) is 11.0 Å². The van der Waals surface area contributed by atoms with Crippen LogP contribution in [0.1, 0.15) is 18.4 Å². The van der Waals surface area contributed by atoms with E-state index in [-0.39, 0.29) is 6.17 Å². The minimum Gasteiger partial charge on any atom is -0.354 e. The molecule has 0 bridgehead atoms. The zero-order chi connectivity index (χ0) is 12.5. The number of aromatic amines is 1.